The first kappa shape index (κ1) is 31.2. The molecule has 1 unspecified atom stereocenters. The van der Waals surface area contributed by atoms with Gasteiger partial charge in [0.15, 0.2) is 0 Å². The quantitative estimate of drug-likeness (QED) is 0.160. The highest BCUT2D eigenvalue weighted by Gasteiger charge is 2.11. The predicted molar refractivity (Wildman–Crippen MR) is 124 cm³/mol. The van der Waals surface area contributed by atoms with E-state index in [2.05, 4.69) is 26.0 Å². The molecule has 4 N–H and O–H groups in total. The number of hydrogen-bond acceptors (Lipinski definition) is 7. The zero-order valence-corrected chi connectivity index (χ0v) is 20.4. The molecule has 198 valence electrons. The number of carbonyl (C=O) groups is 4. The molecule has 0 saturated heterocycles. The molecule has 0 bridgehead atoms. The minimum atomic E-state index is -0.646. The van der Waals surface area contributed by atoms with Gasteiger partial charge in [-0.1, -0.05) is 25.7 Å². The van der Waals surface area contributed by atoms with Gasteiger partial charge >= 0.3 is 18.3 Å². The fourth-order valence-electron chi connectivity index (χ4n) is 2.76. The molecule has 0 aliphatic heterocycles. The van der Waals surface area contributed by atoms with Crippen LogP contribution in [0.25, 0.3) is 0 Å². The SMILES string of the molecule is COC(=O)NCCCCCCNC(=O)OCC(C)OC(=O)NCCCCCCNC(=O)CCF. The maximum Gasteiger partial charge on any atom is 0.407 e. The highest BCUT2D eigenvalue weighted by atomic mass is 19.1. The van der Waals surface area contributed by atoms with Crippen LogP contribution in [-0.2, 0) is 19.0 Å². The Hall–Kier alpha value is -2.79. The van der Waals surface area contributed by atoms with Gasteiger partial charge in [-0.05, 0) is 32.6 Å². The van der Waals surface area contributed by atoms with Crippen molar-refractivity contribution in [2.45, 2.75) is 70.8 Å². The molecule has 34 heavy (non-hydrogen) atoms. The Bertz CT molecular complexity index is 581. The van der Waals surface area contributed by atoms with Gasteiger partial charge in [0.25, 0.3) is 0 Å². The number of ether oxygens (including phenoxy) is 3. The summed E-state index contributed by atoms with van der Waals surface area (Å²) in [5.74, 6) is -0.277. The van der Waals surface area contributed by atoms with Crippen molar-refractivity contribution in [2.75, 3.05) is 46.6 Å². The van der Waals surface area contributed by atoms with Crippen LogP contribution in [0.4, 0.5) is 18.8 Å². The fraction of sp³-hybridized carbons (Fsp3) is 0.818. The Kier molecular flexibility index (Phi) is 20.2. The molecule has 0 aromatic rings. The van der Waals surface area contributed by atoms with Crippen molar-refractivity contribution in [1.29, 1.82) is 0 Å². The van der Waals surface area contributed by atoms with Gasteiger partial charge in [-0.2, -0.15) is 0 Å². The summed E-state index contributed by atoms with van der Waals surface area (Å²) in [5.41, 5.74) is 0. The van der Waals surface area contributed by atoms with Crippen LogP contribution in [0, 0.1) is 0 Å². The summed E-state index contributed by atoms with van der Waals surface area (Å²) in [4.78, 5) is 45.4. The van der Waals surface area contributed by atoms with Gasteiger partial charge in [0.2, 0.25) is 5.91 Å². The molecule has 0 rings (SSSR count). The Labute approximate surface area is 201 Å². The number of methoxy groups -OCH3 is 1. The standard InChI is InChI=1S/C22H41FN4O7/c1-18(17-33-21(30)26-15-9-6-5-8-14-25-20(29)32-2)34-22(31)27-16-10-4-3-7-13-24-19(28)11-12-23/h18H,3-17H2,1-2H3,(H,24,28)(H,25,29)(H,26,30)(H,27,31). The maximum atomic E-state index is 12.0. The summed E-state index contributed by atoms with van der Waals surface area (Å²) in [5, 5.41) is 10.5. The zero-order chi connectivity index (χ0) is 25.4. The Morgan fingerprint density at radius 2 is 1.18 bits per heavy atom. The van der Waals surface area contributed by atoms with E-state index in [1.807, 2.05) is 0 Å². The van der Waals surface area contributed by atoms with Gasteiger partial charge in [0.1, 0.15) is 12.7 Å². The van der Waals surface area contributed by atoms with Crippen molar-refractivity contribution in [1.82, 2.24) is 21.3 Å². The van der Waals surface area contributed by atoms with Crippen LogP contribution in [-0.4, -0.2) is 76.9 Å². The topological polar surface area (TPSA) is 144 Å². The number of nitrogens with one attached hydrogen (secondary N) is 4. The van der Waals surface area contributed by atoms with E-state index in [4.69, 9.17) is 9.47 Å². The lowest BCUT2D eigenvalue weighted by molar-refractivity contribution is -0.121. The summed E-state index contributed by atoms with van der Waals surface area (Å²) in [6, 6.07) is 0. The van der Waals surface area contributed by atoms with Gasteiger partial charge in [-0.25, -0.2) is 14.4 Å². The zero-order valence-electron chi connectivity index (χ0n) is 20.4. The smallest absolute Gasteiger partial charge is 0.407 e. The largest absolute Gasteiger partial charge is 0.453 e. The van der Waals surface area contributed by atoms with Crippen LogP contribution >= 0.6 is 0 Å². The third-order valence-electron chi connectivity index (χ3n) is 4.60. The molecule has 0 aliphatic rings. The molecule has 0 aromatic carbocycles. The number of hydrogen-bond donors (Lipinski definition) is 4. The van der Waals surface area contributed by atoms with E-state index in [-0.39, 0.29) is 18.9 Å². The van der Waals surface area contributed by atoms with E-state index < -0.39 is 31.1 Å². The molecule has 0 saturated carbocycles. The molecule has 12 heteroatoms. The molecular formula is C22H41FN4O7. The van der Waals surface area contributed by atoms with E-state index in [1.54, 1.807) is 6.92 Å². The molecule has 0 spiro atoms. The van der Waals surface area contributed by atoms with E-state index in [0.29, 0.717) is 26.2 Å². The molecule has 0 fully saturated rings. The summed E-state index contributed by atoms with van der Waals surface area (Å²) in [6.07, 6.45) is 4.51. The van der Waals surface area contributed by atoms with E-state index in [1.165, 1.54) is 7.11 Å². The summed E-state index contributed by atoms with van der Waals surface area (Å²) >= 11 is 0. The summed E-state index contributed by atoms with van der Waals surface area (Å²) in [6.45, 7) is 2.95. The minimum Gasteiger partial charge on any atom is -0.453 e. The monoisotopic (exact) mass is 492 g/mol. The van der Waals surface area contributed by atoms with Crippen molar-refractivity contribution in [2.24, 2.45) is 0 Å². The first-order chi connectivity index (χ1) is 16.4. The summed E-state index contributed by atoms with van der Waals surface area (Å²) in [7, 11) is 1.32. The highest BCUT2D eigenvalue weighted by Crippen LogP contribution is 2.00. The number of alkyl halides is 1. The van der Waals surface area contributed by atoms with Gasteiger partial charge in [-0.3, -0.25) is 9.18 Å². The van der Waals surface area contributed by atoms with Gasteiger partial charge in [0.05, 0.1) is 20.2 Å². The van der Waals surface area contributed by atoms with Crippen molar-refractivity contribution in [3.05, 3.63) is 0 Å². The van der Waals surface area contributed by atoms with Crippen molar-refractivity contribution in [3.8, 4) is 0 Å². The van der Waals surface area contributed by atoms with Crippen molar-refractivity contribution >= 4 is 24.2 Å². The number of halogens is 1. The number of carbonyl (C=O) groups excluding carboxylic acids is 4. The van der Waals surface area contributed by atoms with Crippen molar-refractivity contribution < 1.29 is 37.8 Å². The maximum absolute atomic E-state index is 12.0. The lowest BCUT2D eigenvalue weighted by atomic mass is 10.2. The van der Waals surface area contributed by atoms with Crippen LogP contribution in [0.15, 0.2) is 0 Å². The average molecular weight is 493 g/mol. The molecule has 4 amide bonds. The molecule has 0 radical (unpaired) electrons. The van der Waals surface area contributed by atoms with Crippen molar-refractivity contribution in [3.63, 3.8) is 0 Å². The van der Waals surface area contributed by atoms with Crippen LogP contribution in [0.2, 0.25) is 0 Å². The minimum absolute atomic E-state index is 0.0490. The Morgan fingerprint density at radius 3 is 1.68 bits per heavy atom. The second-order valence-corrected chi connectivity index (χ2v) is 7.70. The van der Waals surface area contributed by atoms with Gasteiger partial charge in [0, 0.05) is 26.2 Å². The molecule has 0 aliphatic carbocycles. The second-order valence-electron chi connectivity index (χ2n) is 7.70. The average Bonchev–Trinajstić information content (AvgIpc) is 2.81. The lowest BCUT2D eigenvalue weighted by Gasteiger charge is -2.14. The normalized spacial score (nSPS) is 11.1. The highest BCUT2D eigenvalue weighted by molar-refractivity contribution is 5.75. The number of alkyl carbamates (subject to hydrolysis) is 3. The van der Waals surface area contributed by atoms with Gasteiger partial charge in [-0.15, -0.1) is 0 Å². The first-order valence-corrected chi connectivity index (χ1v) is 11.9. The second kappa shape index (κ2) is 22.0. The van der Waals surface area contributed by atoms with Crippen LogP contribution in [0.3, 0.4) is 0 Å². The van der Waals surface area contributed by atoms with E-state index in [9.17, 15) is 23.6 Å². The molecule has 1 atom stereocenters. The molecule has 0 aromatic heterocycles. The molecule has 0 heterocycles. The van der Waals surface area contributed by atoms with Crippen LogP contribution in [0.1, 0.15) is 64.7 Å². The Balaban J connectivity index is 3.53. The van der Waals surface area contributed by atoms with E-state index >= 15 is 0 Å². The third-order valence-corrected chi connectivity index (χ3v) is 4.60. The number of unbranched alkanes of at least 4 members (excludes halogenated alkanes) is 6. The summed E-state index contributed by atoms with van der Waals surface area (Å²) < 4.78 is 26.6. The van der Waals surface area contributed by atoms with E-state index in [0.717, 1.165) is 51.4 Å². The fourth-order valence-corrected chi connectivity index (χ4v) is 2.76. The lowest BCUT2D eigenvalue weighted by Crippen LogP contribution is -2.33. The third kappa shape index (κ3) is 21.1. The predicted octanol–water partition coefficient (Wildman–Crippen LogP) is 2.78. The molecular weight excluding hydrogens is 451 g/mol. The first-order valence-electron chi connectivity index (χ1n) is 11.9. The molecule has 11 nitrogen and oxygen atoms in total. The van der Waals surface area contributed by atoms with Gasteiger partial charge < -0.3 is 35.5 Å². The number of amides is 4. The van der Waals surface area contributed by atoms with Crippen LogP contribution < -0.4 is 21.3 Å². The number of rotatable bonds is 19. The van der Waals surface area contributed by atoms with Crippen LogP contribution in [0.5, 0.6) is 0 Å². The Morgan fingerprint density at radius 1 is 0.706 bits per heavy atom.